The van der Waals surface area contributed by atoms with Crippen LogP contribution in [0.25, 0.3) is 11.0 Å². The third-order valence-electron chi connectivity index (χ3n) is 2.71. The fourth-order valence-corrected chi connectivity index (χ4v) is 2.08. The lowest BCUT2D eigenvalue weighted by molar-refractivity contribution is -0.672. The number of para-hydroxylation sites is 2. The number of nitrogens with zero attached hydrogens (tertiary/aromatic N) is 2. The predicted octanol–water partition coefficient (Wildman–Crippen LogP) is -0.247. The lowest BCUT2D eigenvalue weighted by atomic mass is 10.3. The van der Waals surface area contributed by atoms with Crippen molar-refractivity contribution in [2.75, 3.05) is 0 Å². The van der Waals surface area contributed by atoms with Crippen LogP contribution in [0.2, 0.25) is 0 Å². The molecule has 88 valence electrons. The van der Waals surface area contributed by atoms with Gasteiger partial charge in [0.2, 0.25) is 6.33 Å². The van der Waals surface area contributed by atoms with Gasteiger partial charge in [-0.3, -0.25) is 0 Å². The number of imidazole rings is 1. The van der Waals surface area contributed by atoms with Crippen LogP contribution in [0.3, 0.4) is 0 Å². The molecule has 3 heteroatoms. The van der Waals surface area contributed by atoms with E-state index in [0.29, 0.717) is 0 Å². The van der Waals surface area contributed by atoms with E-state index in [0.717, 1.165) is 13.1 Å². The summed E-state index contributed by atoms with van der Waals surface area (Å²) < 4.78 is 4.70. The van der Waals surface area contributed by atoms with Crippen LogP contribution in [0.4, 0.5) is 0 Å². The minimum atomic E-state index is 0. The normalized spacial score (nSPS) is 10.4. The second-order valence-corrected chi connectivity index (χ2v) is 3.99. The molecule has 0 radical (unpaired) electrons. The highest BCUT2D eigenvalue weighted by Gasteiger charge is 2.12. The van der Waals surface area contributed by atoms with E-state index < -0.39 is 0 Å². The molecule has 0 aliphatic heterocycles. The van der Waals surface area contributed by atoms with Gasteiger partial charge in [0.05, 0.1) is 13.1 Å². The SMILES string of the molecule is CCCn1c[n+](CCC)c2ccccc21.[Br-]. The van der Waals surface area contributed by atoms with Crippen molar-refractivity contribution in [3.8, 4) is 0 Å². The van der Waals surface area contributed by atoms with Crippen LogP contribution in [0.1, 0.15) is 26.7 Å². The number of benzene rings is 1. The molecule has 1 aromatic carbocycles. The molecule has 0 amide bonds. The van der Waals surface area contributed by atoms with E-state index >= 15 is 0 Å². The highest BCUT2D eigenvalue weighted by molar-refractivity contribution is 5.71. The number of halogens is 1. The van der Waals surface area contributed by atoms with Crippen LogP contribution in [0.15, 0.2) is 30.6 Å². The Morgan fingerprint density at radius 3 is 2.56 bits per heavy atom. The minimum Gasteiger partial charge on any atom is -1.00 e. The van der Waals surface area contributed by atoms with E-state index in [2.05, 4.69) is 53.6 Å². The maximum absolute atomic E-state index is 2.35. The van der Waals surface area contributed by atoms with Crippen molar-refractivity contribution in [2.24, 2.45) is 0 Å². The largest absolute Gasteiger partial charge is 1.00 e. The molecular formula is C13H19BrN2. The zero-order valence-electron chi connectivity index (χ0n) is 9.99. The summed E-state index contributed by atoms with van der Waals surface area (Å²) >= 11 is 0. The maximum Gasteiger partial charge on any atom is 0.244 e. The minimum absolute atomic E-state index is 0. The Morgan fingerprint density at radius 1 is 1.12 bits per heavy atom. The Labute approximate surface area is 108 Å². The third-order valence-corrected chi connectivity index (χ3v) is 2.71. The Balaban J connectivity index is 0.00000128. The Hall–Kier alpha value is -0.830. The summed E-state index contributed by atoms with van der Waals surface area (Å²) in [5, 5.41) is 0. The van der Waals surface area contributed by atoms with Gasteiger partial charge >= 0.3 is 0 Å². The molecular weight excluding hydrogens is 264 g/mol. The number of aryl methyl sites for hydroxylation is 2. The van der Waals surface area contributed by atoms with E-state index in [1.807, 2.05) is 0 Å². The van der Waals surface area contributed by atoms with Crippen molar-refractivity contribution in [2.45, 2.75) is 39.8 Å². The summed E-state index contributed by atoms with van der Waals surface area (Å²) in [6, 6.07) is 8.64. The number of fused-ring (bicyclic) bond motifs is 1. The standard InChI is InChI=1S/C13H19N2.BrH/c1-3-9-14-11-15(10-4-2)13-8-6-5-7-12(13)14;/h5-8,11H,3-4,9-10H2,1-2H3;1H/q+1;/p-1. The molecule has 2 nitrogen and oxygen atoms in total. The van der Waals surface area contributed by atoms with Crippen LogP contribution in [0.5, 0.6) is 0 Å². The number of hydrogen-bond donors (Lipinski definition) is 0. The van der Waals surface area contributed by atoms with Crippen molar-refractivity contribution in [1.29, 1.82) is 0 Å². The summed E-state index contributed by atoms with van der Waals surface area (Å²) in [6.45, 7) is 6.66. The van der Waals surface area contributed by atoms with Crippen LogP contribution in [-0.2, 0) is 13.1 Å². The fraction of sp³-hybridized carbons (Fsp3) is 0.462. The van der Waals surface area contributed by atoms with Crippen molar-refractivity contribution in [3.05, 3.63) is 30.6 Å². The van der Waals surface area contributed by atoms with E-state index in [-0.39, 0.29) is 17.0 Å². The molecule has 0 fully saturated rings. The Bertz CT molecular complexity index is 408. The van der Waals surface area contributed by atoms with Gasteiger partial charge in [-0.15, -0.1) is 0 Å². The third kappa shape index (κ3) is 2.46. The van der Waals surface area contributed by atoms with Crippen molar-refractivity contribution < 1.29 is 21.5 Å². The topological polar surface area (TPSA) is 8.81 Å². The van der Waals surface area contributed by atoms with Crippen LogP contribution in [-0.4, -0.2) is 4.57 Å². The molecule has 0 saturated carbocycles. The smallest absolute Gasteiger partial charge is 0.244 e. The van der Waals surface area contributed by atoms with Gasteiger partial charge < -0.3 is 17.0 Å². The molecule has 0 unspecified atom stereocenters. The van der Waals surface area contributed by atoms with Crippen molar-refractivity contribution in [1.82, 2.24) is 4.57 Å². The molecule has 1 heterocycles. The van der Waals surface area contributed by atoms with Crippen LogP contribution in [0, 0.1) is 0 Å². The molecule has 0 bridgehead atoms. The van der Waals surface area contributed by atoms with Gasteiger partial charge in [-0.25, -0.2) is 9.13 Å². The molecule has 0 spiro atoms. The van der Waals surface area contributed by atoms with E-state index in [9.17, 15) is 0 Å². The summed E-state index contributed by atoms with van der Waals surface area (Å²) in [6.07, 6.45) is 4.62. The van der Waals surface area contributed by atoms with E-state index in [4.69, 9.17) is 0 Å². The zero-order chi connectivity index (χ0) is 10.7. The summed E-state index contributed by atoms with van der Waals surface area (Å²) in [5.74, 6) is 0. The Kier molecular flexibility index (Phi) is 5.00. The highest BCUT2D eigenvalue weighted by Crippen LogP contribution is 2.11. The molecule has 0 atom stereocenters. The second-order valence-electron chi connectivity index (χ2n) is 3.99. The maximum atomic E-state index is 2.35. The van der Waals surface area contributed by atoms with Gasteiger partial charge in [-0.2, -0.15) is 0 Å². The average molecular weight is 283 g/mol. The molecule has 16 heavy (non-hydrogen) atoms. The highest BCUT2D eigenvalue weighted by atomic mass is 79.9. The molecule has 2 aromatic rings. The van der Waals surface area contributed by atoms with Gasteiger partial charge in [0.15, 0.2) is 11.0 Å². The molecule has 2 rings (SSSR count). The zero-order valence-corrected chi connectivity index (χ0v) is 11.6. The first kappa shape index (κ1) is 13.2. The van der Waals surface area contributed by atoms with Gasteiger partial charge in [0, 0.05) is 0 Å². The quantitative estimate of drug-likeness (QED) is 0.685. The first-order valence-electron chi connectivity index (χ1n) is 5.84. The number of hydrogen-bond acceptors (Lipinski definition) is 0. The molecule has 1 aromatic heterocycles. The van der Waals surface area contributed by atoms with Gasteiger partial charge in [0.1, 0.15) is 0 Å². The van der Waals surface area contributed by atoms with Crippen molar-refractivity contribution >= 4 is 11.0 Å². The summed E-state index contributed by atoms with van der Waals surface area (Å²) in [5.41, 5.74) is 2.71. The van der Waals surface area contributed by atoms with E-state index in [1.165, 1.54) is 23.9 Å². The predicted molar refractivity (Wildman–Crippen MR) is 62.7 cm³/mol. The Morgan fingerprint density at radius 2 is 1.88 bits per heavy atom. The van der Waals surface area contributed by atoms with Crippen LogP contribution >= 0.6 is 0 Å². The fourth-order valence-electron chi connectivity index (χ4n) is 2.08. The molecule has 0 N–H and O–H groups in total. The summed E-state index contributed by atoms with van der Waals surface area (Å²) in [7, 11) is 0. The second kappa shape index (κ2) is 6.04. The van der Waals surface area contributed by atoms with Gasteiger partial charge in [0.25, 0.3) is 0 Å². The monoisotopic (exact) mass is 282 g/mol. The lowest BCUT2D eigenvalue weighted by Crippen LogP contribution is -3.00. The first-order chi connectivity index (χ1) is 7.36. The van der Waals surface area contributed by atoms with Gasteiger partial charge in [-0.1, -0.05) is 26.0 Å². The number of aromatic nitrogens is 2. The molecule has 0 aliphatic rings. The first-order valence-corrected chi connectivity index (χ1v) is 5.84. The number of rotatable bonds is 4. The van der Waals surface area contributed by atoms with Crippen LogP contribution < -0.4 is 21.5 Å². The lowest BCUT2D eigenvalue weighted by Gasteiger charge is -1.91. The molecule has 0 saturated heterocycles. The molecule has 0 aliphatic carbocycles. The summed E-state index contributed by atoms with van der Waals surface area (Å²) in [4.78, 5) is 0. The van der Waals surface area contributed by atoms with E-state index in [1.54, 1.807) is 0 Å². The average Bonchev–Trinajstić information content (AvgIpc) is 2.59. The van der Waals surface area contributed by atoms with Gasteiger partial charge in [-0.05, 0) is 25.0 Å². The van der Waals surface area contributed by atoms with Crippen molar-refractivity contribution in [3.63, 3.8) is 0 Å².